The summed E-state index contributed by atoms with van der Waals surface area (Å²) >= 11 is 3.05. The number of halogens is 4. The largest absolute Gasteiger partial charge is 0.207 e. The first-order chi connectivity index (χ1) is 12.5. The topological polar surface area (TPSA) is 0 Å². The molecule has 3 rings (SSSR count). The van der Waals surface area contributed by atoms with Gasteiger partial charge >= 0.3 is 0 Å². The van der Waals surface area contributed by atoms with Crippen molar-refractivity contribution < 1.29 is 13.2 Å². The molecule has 3 aromatic rings. The zero-order chi connectivity index (χ0) is 18.7. The number of alkyl halides is 1. The number of hydrogen-bond acceptors (Lipinski definition) is 0. The van der Waals surface area contributed by atoms with E-state index in [-0.39, 0.29) is 22.0 Å². The van der Waals surface area contributed by atoms with Crippen molar-refractivity contribution in [3.63, 3.8) is 0 Å². The predicted molar refractivity (Wildman–Crippen MR) is 104 cm³/mol. The molecule has 0 radical (unpaired) electrons. The van der Waals surface area contributed by atoms with Crippen LogP contribution in [0.3, 0.4) is 0 Å². The molecule has 0 saturated carbocycles. The molecule has 134 valence electrons. The summed E-state index contributed by atoms with van der Waals surface area (Å²) in [5, 5.41) is 0.0698. The minimum Gasteiger partial charge on any atom is -0.207 e. The van der Waals surface area contributed by atoms with Gasteiger partial charge in [-0.15, -0.1) is 0 Å². The summed E-state index contributed by atoms with van der Waals surface area (Å²) in [6.07, 6.45) is 2.08. The number of aryl methyl sites for hydroxylation is 1. The van der Waals surface area contributed by atoms with Gasteiger partial charge in [-0.1, -0.05) is 65.7 Å². The lowest BCUT2D eigenvalue weighted by atomic mass is 9.97. The molecule has 0 aliphatic rings. The maximum Gasteiger partial charge on any atom is 0.131 e. The van der Waals surface area contributed by atoms with Gasteiger partial charge in [0.1, 0.15) is 17.5 Å². The fraction of sp³-hybridized carbons (Fsp3) is 0.182. The Labute approximate surface area is 159 Å². The van der Waals surface area contributed by atoms with Crippen molar-refractivity contribution >= 4 is 15.9 Å². The average molecular weight is 419 g/mol. The van der Waals surface area contributed by atoms with Gasteiger partial charge < -0.3 is 0 Å². The van der Waals surface area contributed by atoms with E-state index in [1.165, 1.54) is 11.6 Å². The summed E-state index contributed by atoms with van der Waals surface area (Å²) in [4.78, 5) is 0. The maximum atomic E-state index is 14.6. The summed E-state index contributed by atoms with van der Waals surface area (Å²) in [6.45, 7) is 2.12. The van der Waals surface area contributed by atoms with Crippen LogP contribution in [0.5, 0.6) is 0 Å². The summed E-state index contributed by atoms with van der Waals surface area (Å²) in [6, 6.07) is 15.1. The van der Waals surface area contributed by atoms with E-state index in [0.717, 1.165) is 36.1 Å². The van der Waals surface area contributed by atoms with Gasteiger partial charge in [0.05, 0.1) is 0 Å². The van der Waals surface area contributed by atoms with Crippen molar-refractivity contribution in [1.29, 1.82) is 0 Å². The molecule has 3 aromatic carbocycles. The minimum absolute atomic E-state index is 0.0575. The van der Waals surface area contributed by atoms with E-state index < -0.39 is 17.5 Å². The molecule has 0 heterocycles. The van der Waals surface area contributed by atoms with E-state index in [0.29, 0.717) is 0 Å². The molecule has 0 fully saturated rings. The summed E-state index contributed by atoms with van der Waals surface area (Å²) in [5.41, 5.74) is 3.18. The Morgan fingerprint density at radius 1 is 0.731 bits per heavy atom. The van der Waals surface area contributed by atoms with Crippen molar-refractivity contribution in [1.82, 2.24) is 0 Å². The molecule has 0 aliphatic heterocycles. The molecule has 0 atom stereocenters. The molecule has 26 heavy (non-hydrogen) atoms. The summed E-state index contributed by atoms with van der Waals surface area (Å²) in [7, 11) is 0. The Balaban J connectivity index is 1.95. The summed E-state index contributed by atoms with van der Waals surface area (Å²) < 4.78 is 42.6. The minimum atomic E-state index is -0.688. The van der Waals surface area contributed by atoms with Gasteiger partial charge in [-0.3, -0.25) is 0 Å². The smallest absolute Gasteiger partial charge is 0.131 e. The molecule has 0 spiro atoms. The Kier molecular flexibility index (Phi) is 5.82. The van der Waals surface area contributed by atoms with Crippen molar-refractivity contribution in [3.05, 3.63) is 83.2 Å². The summed E-state index contributed by atoms with van der Waals surface area (Å²) in [5.74, 6) is -1.88. The van der Waals surface area contributed by atoms with Gasteiger partial charge in [0, 0.05) is 16.5 Å². The van der Waals surface area contributed by atoms with Crippen LogP contribution in [0.1, 0.15) is 24.5 Å². The van der Waals surface area contributed by atoms with E-state index in [1.54, 1.807) is 12.1 Å². The number of rotatable bonds is 5. The molecular formula is C22H18BrF3. The average Bonchev–Trinajstić information content (AvgIpc) is 2.62. The van der Waals surface area contributed by atoms with Crippen LogP contribution in [0.4, 0.5) is 13.2 Å². The van der Waals surface area contributed by atoms with E-state index in [4.69, 9.17) is 0 Å². The van der Waals surface area contributed by atoms with Gasteiger partial charge in [0.2, 0.25) is 0 Å². The lowest BCUT2D eigenvalue weighted by molar-refractivity contribution is 0.567. The fourth-order valence-electron chi connectivity index (χ4n) is 2.97. The molecule has 0 N–H and O–H groups in total. The highest BCUT2D eigenvalue weighted by Crippen LogP contribution is 2.30. The molecule has 0 saturated heterocycles. The van der Waals surface area contributed by atoms with Gasteiger partial charge in [0.15, 0.2) is 0 Å². The van der Waals surface area contributed by atoms with E-state index in [1.807, 2.05) is 24.3 Å². The maximum absolute atomic E-state index is 14.6. The first kappa shape index (κ1) is 18.7. The Bertz CT molecular complexity index is 894. The van der Waals surface area contributed by atoms with Crippen LogP contribution in [0.15, 0.2) is 54.6 Å². The second-order valence-corrected chi connectivity index (χ2v) is 6.75. The molecule has 0 amide bonds. The zero-order valence-electron chi connectivity index (χ0n) is 14.3. The normalized spacial score (nSPS) is 11.0. The van der Waals surface area contributed by atoms with Gasteiger partial charge in [-0.25, -0.2) is 13.2 Å². The molecule has 4 heteroatoms. The van der Waals surface area contributed by atoms with Crippen molar-refractivity contribution in [2.45, 2.75) is 25.1 Å². The van der Waals surface area contributed by atoms with Crippen LogP contribution >= 0.6 is 15.9 Å². The number of benzene rings is 3. The molecule has 0 aromatic heterocycles. The third-order valence-electron chi connectivity index (χ3n) is 4.38. The Hall–Kier alpha value is -2.07. The second-order valence-electron chi connectivity index (χ2n) is 6.19. The van der Waals surface area contributed by atoms with Crippen molar-refractivity contribution in [2.24, 2.45) is 0 Å². The highest BCUT2D eigenvalue weighted by Gasteiger charge is 2.14. The molecule has 0 bridgehead atoms. The van der Waals surface area contributed by atoms with Gasteiger partial charge in [0.25, 0.3) is 0 Å². The molecule has 0 aliphatic carbocycles. The molecular weight excluding hydrogens is 401 g/mol. The fourth-order valence-corrected chi connectivity index (χ4v) is 3.50. The lowest BCUT2D eigenvalue weighted by Gasteiger charge is -2.10. The Morgan fingerprint density at radius 3 is 1.85 bits per heavy atom. The third-order valence-corrected chi connectivity index (χ3v) is 4.94. The van der Waals surface area contributed by atoms with Crippen molar-refractivity contribution in [2.75, 3.05) is 0 Å². The number of hydrogen-bond donors (Lipinski definition) is 0. The molecule has 0 unspecified atom stereocenters. The highest BCUT2D eigenvalue weighted by molar-refractivity contribution is 9.08. The van der Waals surface area contributed by atoms with Crippen LogP contribution < -0.4 is 0 Å². The van der Waals surface area contributed by atoms with Crippen LogP contribution in [-0.2, 0) is 11.8 Å². The second kappa shape index (κ2) is 8.09. The predicted octanol–water partition coefficient (Wildman–Crippen LogP) is 7.29. The lowest BCUT2D eigenvalue weighted by Crippen LogP contribution is -1.95. The van der Waals surface area contributed by atoms with Gasteiger partial charge in [-0.2, -0.15) is 0 Å². The third kappa shape index (κ3) is 3.85. The standard InChI is InChI=1S/C22H18BrF3/c1-2-3-14-4-6-15(7-5-14)16-8-9-18(20(24)10-16)17-11-21(25)19(13-23)22(26)12-17/h4-12H,2-3,13H2,1H3. The first-order valence-corrected chi connectivity index (χ1v) is 9.58. The van der Waals surface area contributed by atoms with Crippen LogP contribution in [0.2, 0.25) is 0 Å². The van der Waals surface area contributed by atoms with E-state index in [9.17, 15) is 13.2 Å². The Morgan fingerprint density at radius 2 is 1.31 bits per heavy atom. The van der Waals surface area contributed by atoms with Crippen LogP contribution in [0, 0.1) is 17.5 Å². The highest BCUT2D eigenvalue weighted by atomic mass is 79.9. The quantitative estimate of drug-likeness (QED) is 0.381. The van der Waals surface area contributed by atoms with E-state index >= 15 is 0 Å². The first-order valence-electron chi connectivity index (χ1n) is 8.46. The monoisotopic (exact) mass is 418 g/mol. The van der Waals surface area contributed by atoms with Crippen LogP contribution in [-0.4, -0.2) is 0 Å². The van der Waals surface area contributed by atoms with E-state index in [2.05, 4.69) is 22.9 Å². The SMILES string of the molecule is CCCc1ccc(-c2ccc(-c3cc(F)c(CBr)c(F)c3)c(F)c2)cc1. The molecule has 0 nitrogen and oxygen atoms in total. The van der Waals surface area contributed by atoms with Crippen LogP contribution in [0.25, 0.3) is 22.3 Å². The van der Waals surface area contributed by atoms with Crippen molar-refractivity contribution in [3.8, 4) is 22.3 Å². The van der Waals surface area contributed by atoms with Gasteiger partial charge in [-0.05, 0) is 46.9 Å². The zero-order valence-corrected chi connectivity index (χ0v) is 15.9.